The molecule has 1 amide bonds. The van der Waals surface area contributed by atoms with Gasteiger partial charge >= 0.3 is 6.36 Å². The molecular formula is C20H21F3N4O3. The third kappa shape index (κ3) is 4.17. The quantitative estimate of drug-likeness (QED) is 0.800. The van der Waals surface area contributed by atoms with Gasteiger partial charge in [-0.2, -0.15) is 0 Å². The first-order chi connectivity index (χ1) is 14.0. The second kappa shape index (κ2) is 7.85. The van der Waals surface area contributed by atoms with Crippen LogP contribution in [0, 0.1) is 0 Å². The molecule has 0 spiro atoms. The number of aromatic nitrogens is 1. The van der Waals surface area contributed by atoms with Crippen molar-refractivity contribution >= 4 is 11.9 Å². The Morgan fingerprint density at radius 3 is 2.60 bits per heavy atom. The number of guanidine groups is 1. The number of ether oxygens (including phenoxy) is 2. The van der Waals surface area contributed by atoms with Crippen molar-refractivity contribution in [2.45, 2.75) is 31.7 Å². The minimum atomic E-state index is -4.84. The molecule has 0 aliphatic carbocycles. The SMILES string of the molecule is CCOc1ccc([C@H]2C(=O)N(C)C(N)=N[C@]2(C)c2cccc(OC(F)(F)F)c2)cn1. The van der Waals surface area contributed by atoms with Gasteiger partial charge in [0.05, 0.1) is 12.5 Å². The van der Waals surface area contributed by atoms with Crippen LogP contribution in [0.3, 0.4) is 0 Å². The molecule has 1 aliphatic heterocycles. The van der Waals surface area contributed by atoms with Crippen LogP contribution in [0.2, 0.25) is 0 Å². The Morgan fingerprint density at radius 1 is 1.27 bits per heavy atom. The van der Waals surface area contributed by atoms with Crippen molar-refractivity contribution in [3.63, 3.8) is 0 Å². The minimum Gasteiger partial charge on any atom is -0.478 e. The molecule has 2 heterocycles. The third-order valence-electron chi connectivity index (χ3n) is 4.87. The number of hydrogen-bond acceptors (Lipinski definition) is 6. The fourth-order valence-corrected chi connectivity index (χ4v) is 3.43. The maximum atomic E-state index is 13.1. The van der Waals surface area contributed by atoms with E-state index in [2.05, 4.69) is 14.7 Å². The van der Waals surface area contributed by atoms with Crippen molar-refractivity contribution in [3.8, 4) is 11.6 Å². The summed E-state index contributed by atoms with van der Waals surface area (Å²) >= 11 is 0. The summed E-state index contributed by atoms with van der Waals surface area (Å²) in [4.78, 5) is 23.0. The van der Waals surface area contributed by atoms with Gasteiger partial charge in [-0.1, -0.05) is 18.2 Å². The van der Waals surface area contributed by atoms with E-state index in [4.69, 9.17) is 10.5 Å². The highest BCUT2D eigenvalue weighted by molar-refractivity contribution is 6.02. The third-order valence-corrected chi connectivity index (χ3v) is 4.87. The molecule has 2 aromatic rings. The Bertz CT molecular complexity index is 963. The van der Waals surface area contributed by atoms with Crippen molar-refractivity contribution < 1.29 is 27.4 Å². The number of alkyl halides is 3. The number of likely N-dealkylation sites (N-methyl/N-ethyl adjacent to an activating group) is 1. The summed E-state index contributed by atoms with van der Waals surface area (Å²) in [5.74, 6) is -1.30. The van der Waals surface area contributed by atoms with Crippen LogP contribution >= 0.6 is 0 Å². The minimum absolute atomic E-state index is 0.0419. The largest absolute Gasteiger partial charge is 0.573 e. The lowest BCUT2D eigenvalue weighted by molar-refractivity contribution is -0.274. The zero-order valence-electron chi connectivity index (χ0n) is 16.6. The van der Waals surface area contributed by atoms with Crippen LogP contribution in [0.15, 0.2) is 47.6 Å². The summed E-state index contributed by atoms with van der Waals surface area (Å²) in [5, 5.41) is 0. The molecule has 1 aromatic carbocycles. The first-order valence-electron chi connectivity index (χ1n) is 9.13. The summed E-state index contributed by atoms with van der Waals surface area (Å²) in [7, 11) is 1.49. The van der Waals surface area contributed by atoms with Crippen LogP contribution in [0.25, 0.3) is 0 Å². The molecule has 3 rings (SSSR count). The summed E-state index contributed by atoms with van der Waals surface area (Å²) < 4.78 is 47.4. The Labute approximate surface area is 171 Å². The van der Waals surface area contributed by atoms with Gasteiger partial charge in [0.1, 0.15) is 11.3 Å². The van der Waals surface area contributed by atoms with Crippen LogP contribution in [0.1, 0.15) is 30.9 Å². The topological polar surface area (TPSA) is 90.0 Å². The van der Waals surface area contributed by atoms with Crippen LogP contribution in [-0.2, 0) is 10.3 Å². The fraction of sp³-hybridized carbons (Fsp3) is 0.350. The van der Waals surface area contributed by atoms with Crippen molar-refractivity contribution in [1.82, 2.24) is 9.88 Å². The monoisotopic (exact) mass is 422 g/mol. The maximum absolute atomic E-state index is 13.1. The number of nitrogens with zero attached hydrogens (tertiary/aromatic N) is 3. The summed E-state index contributed by atoms with van der Waals surface area (Å²) in [6.45, 7) is 3.89. The molecule has 0 saturated heterocycles. The van der Waals surface area contributed by atoms with E-state index in [-0.39, 0.29) is 11.9 Å². The molecule has 0 radical (unpaired) electrons. The normalized spacial score (nSPS) is 21.9. The van der Waals surface area contributed by atoms with E-state index >= 15 is 0 Å². The van der Waals surface area contributed by atoms with Gasteiger partial charge in [0.25, 0.3) is 0 Å². The highest BCUT2D eigenvalue weighted by Crippen LogP contribution is 2.44. The molecule has 30 heavy (non-hydrogen) atoms. The lowest BCUT2D eigenvalue weighted by Crippen LogP contribution is -2.52. The number of hydrogen-bond donors (Lipinski definition) is 1. The molecule has 7 nitrogen and oxygen atoms in total. The number of carbonyl (C=O) groups excluding carboxylic acids is 1. The molecule has 1 aliphatic rings. The number of rotatable bonds is 5. The van der Waals surface area contributed by atoms with Gasteiger partial charge in [0.2, 0.25) is 11.8 Å². The average Bonchev–Trinajstić information content (AvgIpc) is 2.67. The molecule has 10 heteroatoms. The first kappa shape index (κ1) is 21.4. The van der Waals surface area contributed by atoms with Crippen LogP contribution in [0.5, 0.6) is 11.6 Å². The van der Waals surface area contributed by atoms with Crippen LogP contribution in [-0.4, -0.2) is 41.8 Å². The second-order valence-corrected chi connectivity index (χ2v) is 6.89. The van der Waals surface area contributed by atoms with Crippen molar-refractivity contribution in [2.24, 2.45) is 10.7 Å². The fourth-order valence-electron chi connectivity index (χ4n) is 3.43. The Kier molecular flexibility index (Phi) is 5.60. The first-order valence-corrected chi connectivity index (χ1v) is 9.13. The molecule has 2 atom stereocenters. The van der Waals surface area contributed by atoms with E-state index in [9.17, 15) is 18.0 Å². The van der Waals surface area contributed by atoms with E-state index in [1.807, 2.05) is 6.92 Å². The number of benzene rings is 1. The van der Waals surface area contributed by atoms with E-state index in [0.29, 0.717) is 23.6 Å². The van der Waals surface area contributed by atoms with Crippen molar-refractivity contribution in [1.29, 1.82) is 0 Å². The van der Waals surface area contributed by atoms with Crippen LogP contribution in [0.4, 0.5) is 13.2 Å². The van der Waals surface area contributed by atoms with Crippen molar-refractivity contribution in [3.05, 3.63) is 53.7 Å². The molecule has 2 N–H and O–H groups in total. The zero-order valence-corrected chi connectivity index (χ0v) is 16.6. The van der Waals surface area contributed by atoms with Gasteiger partial charge < -0.3 is 15.2 Å². The Hall–Kier alpha value is -3.30. The molecule has 0 unspecified atom stereocenters. The van der Waals surface area contributed by atoms with Gasteiger partial charge in [0.15, 0.2) is 5.96 Å². The van der Waals surface area contributed by atoms with E-state index in [0.717, 1.165) is 0 Å². The molecule has 0 bridgehead atoms. The Morgan fingerprint density at radius 2 is 2.00 bits per heavy atom. The summed E-state index contributed by atoms with van der Waals surface area (Å²) in [6, 6.07) is 8.67. The molecule has 0 fully saturated rings. The van der Waals surface area contributed by atoms with E-state index in [1.54, 1.807) is 25.1 Å². The van der Waals surface area contributed by atoms with Gasteiger partial charge in [-0.15, -0.1) is 13.2 Å². The van der Waals surface area contributed by atoms with Gasteiger partial charge in [0, 0.05) is 19.3 Å². The zero-order chi connectivity index (χ0) is 22.1. The molecule has 0 saturated carbocycles. The molecular weight excluding hydrogens is 401 g/mol. The highest BCUT2D eigenvalue weighted by Gasteiger charge is 2.47. The van der Waals surface area contributed by atoms with Gasteiger partial charge in [-0.3, -0.25) is 9.69 Å². The standard InChI is InChI=1S/C20H21F3N4O3/c1-4-29-15-9-8-12(11-25-15)16-17(28)27(3)18(24)26-19(16,2)13-6-5-7-14(10-13)30-20(21,22)23/h5-11,16H,4H2,1-3H3,(H2,24,26)/t16-,19+/m0/s1. The second-order valence-electron chi connectivity index (χ2n) is 6.89. The highest BCUT2D eigenvalue weighted by atomic mass is 19.4. The van der Waals surface area contributed by atoms with E-state index in [1.165, 1.54) is 36.3 Å². The number of nitrogens with two attached hydrogens (primary N) is 1. The summed E-state index contributed by atoms with van der Waals surface area (Å²) in [6.07, 6.45) is -3.35. The lowest BCUT2D eigenvalue weighted by atomic mass is 9.75. The van der Waals surface area contributed by atoms with Crippen molar-refractivity contribution in [2.75, 3.05) is 13.7 Å². The summed E-state index contributed by atoms with van der Waals surface area (Å²) in [5.41, 5.74) is 5.51. The maximum Gasteiger partial charge on any atom is 0.573 e. The Balaban J connectivity index is 2.10. The number of carbonyl (C=O) groups is 1. The molecule has 1 aromatic heterocycles. The predicted molar refractivity (Wildman–Crippen MR) is 103 cm³/mol. The van der Waals surface area contributed by atoms with Gasteiger partial charge in [-0.25, -0.2) is 9.98 Å². The average molecular weight is 422 g/mol. The molecule has 160 valence electrons. The number of amides is 1. The number of aliphatic imine (C=N–C) groups is 1. The predicted octanol–water partition coefficient (Wildman–Crippen LogP) is 3.16. The number of pyridine rings is 1. The van der Waals surface area contributed by atoms with Crippen LogP contribution < -0.4 is 15.2 Å². The smallest absolute Gasteiger partial charge is 0.478 e. The van der Waals surface area contributed by atoms with E-state index < -0.39 is 23.6 Å². The number of halogens is 3. The van der Waals surface area contributed by atoms with Gasteiger partial charge in [-0.05, 0) is 37.1 Å². The lowest BCUT2D eigenvalue weighted by Gasteiger charge is -2.40.